The van der Waals surface area contributed by atoms with Crippen molar-refractivity contribution in [1.82, 2.24) is 10.2 Å². The van der Waals surface area contributed by atoms with Crippen LogP contribution >= 0.6 is 23.2 Å². The van der Waals surface area contributed by atoms with E-state index in [1.807, 2.05) is 13.0 Å². The van der Waals surface area contributed by atoms with Crippen LogP contribution in [0, 0.1) is 5.92 Å². The highest BCUT2D eigenvalue weighted by molar-refractivity contribution is 6.42. The Morgan fingerprint density at radius 3 is 2.62 bits per heavy atom. The fraction of sp³-hybridized carbons (Fsp3) is 0.562. The van der Waals surface area contributed by atoms with Crippen molar-refractivity contribution >= 4 is 29.1 Å². The van der Waals surface area contributed by atoms with Crippen molar-refractivity contribution in [3.05, 3.63) is 33.8 Å². The van der Waals surface area contributed by atoms with Crippen molar-refractivity contribution in [2.75, 3.05) is 19.6 Å². The molecule has 1 aromatic rings. The van der Waals surface area contributed by atoms with E-state index in [2.05, 4.69) is 17.1 Å². The summed E-state index contributed by atoms with van der Waals surface area (Å²) in [5, 5.41) is 4.06. The molecule has 1 aromatic carbocycles. The van der Waals surface area contributed by atoms with Gasteiger partial charge in [0.2, 0.25) is 5.91 Å². The average Bonchev–Trinajstić information content (AvgIpc) is 2.44. The van der Waals surface area contributed by atoms with Gasteiger partial charge in [0.05, 0.1) is 22.6 Å². The molecule has 0 unspecified atom stereocenters. The molecule has 0 aromatic heterocycles. The lowest BCUT2D eigenvalue weighted by molar-refractivity contribution is -0.123. The highest BCUT2D eigenvalue weighted by atomic mass is 35.5. The zero-order chi connectivity index (χ0) is 15.4. The van der Waals surface area contributed by atoms with Crippen LogP contribution in [-0.4, -0.2) is 30.4 Å². The van der Waals surface area contributed by atoms with Crippen LogP contribution in [0.25, 0.3) is 0 Å². The Morgan fingerprint density at radius 1 is 1.33 bits per heavy atom. The zero-order valence-corrected chi connectivity index (χ0v) is 14.0. The van der Waals surface area contributed by atoms with Gasteiger partial charge < -0.3 is 5.32 Å². The molecule has 2 rings (SSSR count). The van der Waals surface area contributed by atoms with E-state index >= 15 is 0 Å². The summed E-state index contributed by atoms with van der Waals surface area (Å²) in [6, 6.07) is 5.38. The maximum absolute atomic E-state index is 12.1. The molecule has 1 heterocycles. The van der Waals surface area contributed by atoms with Gasteiger partial charge in [-0.05, 0) is 56.5 Å². The van der Waals surface area contributed by atoms with Gasteiger partial charge in [-0.15, -0.1) is 0 Å². The van der Waals surface area contributed by atoms with Crippen LogP contribution in [-0.2, 0) is 4.79 Å². The summed E-state index contributed by atoms with van der Waals surface area (Å²) < 4.78 is 0. The first-order chi connectivity index (χ1) is 9.95. The number of halogens is 2. The van der Waals surface area contributed by atoms with Crippen LogP contribution in [0.4, 0.5) is 0 Å². The van der Waals surface area contributed by atoms with E-state index in [-0.39, 0.29) is 11.9 Å². The number of amides is 1. The maximum atomic E-state index is 12.1. The summed E-state index contributed by atoms with van der Waals surface area (Å²) in [6.45, 7) is 6.71. The van der Waals surface area contributed by atoms with Crippen LogP contribution in [0.15, 0.2) is 18.2 Å². The number of benzene rings is 1. The van der Waals surface area contributed by atoms with Crippen molar-refractivity contribution in [1.29, 1.82) is 0 Å². The minimum absolute atomic E-state index is 0.0584. The second-order valence-electron chi connectivity index (χ2n) is 5.92. The van der Waals surface area contributed by atoms with Crippen molar-refractivity contribution in [2.45, 2.75) is 32.7 Å². The van der Waals surface area contributed by atoms with Crippen LogP contribution < -0.4 is 5.32 Å². The fourth-order valence-electron chi connectivity index (χ4n) is 2.58. The largest absolute Gasteiger partial charge is 0.348 e. The summed E-state index contributed by atoms with van der Waals surface area (Å²) >= 11 is 11.9. The van der Waals surface area contributed by atoms with Crippen molar-refractivity contribution < 1.29 is 4.79 Å². The zero-order valence-electron chi connectivity index (χ0n) is 12.5. The van der Waals surface area contributed by atoms with E-state index in [9.17, 15) is 4.79 Å². The van der Waals surface area contributed by atoms with E-state index in [4.69, 9.17) is 23.2 Å². The molecule has 1 amide bonds. The number of carbonyl (C=O) groups excluding carboxylic acids is 1. The van der Waals surface area contributed by atoms with Crippen molar-refractivity contribution in [2.24, 2.45) is 5.92 Å². The highest BCUT2D eigenvalue weighted by Gasteiger charge is 2.19. The standard InChI is InChI=1S/C16H22Cl2N2O/c1-11-5-7-20(8-6-11)10-16(21)19-12(2)13-3-4-14(17)15(18)9-13/h3-4,9,11-12H,5-8,10H2,1-2H3,(H,19,21)/t12-/m1/s1. The first kappa shape index (κ1) is 16.6. The van der Waals surface area contributed by atoms with E-state index < -0.39 is 0 Å². The first-order valence-electron chi connectivity index (χ1n) is 7.42. The van der Waals surface area contributed by atoms with Gasteiger partial charge in [-0.1, -0.05) is 36.2 Å². The normalized spacial score (nSPS) is 18.5. The Labute approximate surface area is 136 Å². The number of hydrogen-bond donors (Lipinski definition) is 1. The second kappa shape index (κ2) is 7.48. The van der Waals surface area contributed by atoms with Gasteiger partial charge in [-0.25, -0.2) is 0 Å². The van der Waals surface area contributed by atoms with Gasteiger partial charge in [0.15, 0.2) is 0 Å². The molecule has 1 atom stereocenters. The SMILES string of the molecule is CC1CCN(CC(=O)N[C@H](C)c2ccc(Cl)c(Cl)c2)CC1. The van der Waals surface area contributed by atoms with Crippen molar-refractivity contribution in [3.8, 4) is 0 Å². The molecule has 0 radical (unpaired) electrons. The molecule has 0 aliphatic carbocycles. The Morgan fingerprint density at radius 2 is 2.00 bits per heavy atom. The lowest BCUT2D eigenvalue weighted by Gasteiger charge is -2.30. The molecule has 0 saturated carbocycles. The minimum atomic E-state index is -0.0732. The fourth-order valence-corrected chi connectivity index (χ4v) is 2.88. The summed E-state index contributed by atoms with van der Waals surface area (Å²) in [5.74, 6) is 0.836. The molecular formula is C16H22Cl2N2O. The Kier molecular flexibility index (Phi) is 5.91. The molecular weight excluding hydrogens is 307 g/mol. The molecule has 1 saturated heterocycles. The molecule has 116 valence electrons. The third-order valence-corrected chi connectivity index (χ3v) is 4.80. The average molecular weight is 329 g/mol. The van der Waals surface area contributed by atoms with E-state index in [1.54, 1.807) is 12.1 Å². The van der Waals surface area contributed by atoms with E-state index in [1.165, 1.54) is 12.8 Å². The molecule has 1 N–H and O–H groups in total. The number of nitrogens with zero attached hydrogens (tertiary/aromatic N) is 1. The minimum Gasteiger partial charge on any atom is -0.348 e. The Balaban J connectivity index is 1.85. The number of carbonyl (C=O) groups is 1. The summed E-state index contributed by atoms with van der Waals surface area (Å²) in [4.78, 5) is 14.3. The molecule has 0 bridgehead atoms. The summed E-state index contributed by atoms with van der Waals surface area (Å²) in [6.07, 6.45) is 2.35. The molecule has 1 aliphatic heterocycles. The lowest BCUT2D eigenvalue weighted by atomic mass is 9.99. The van der Waals surface area contributed by atoms with Gasteiger partial charge in [0, 0.05) is 0 Å². The van der Waals surface area contributed by atoms with E-state index in [0.29, 0.717) is 16.6 Å². The van der Waals surface area contributed by atoms with Crippen LogP contribution in [0.2, 0.25) is 10.0 Å². The predicted octanol–water partition coefficient (Wildman–Crippen LogP) is 3.90. The van der Waals surface area contributed by atoms with E-state index in [0.717, 1.165) is 24.6 Å². The predicted molar refractivity (Wildman–Crippen MR) is 87.9 cm³/mol. The lowest BCUT2D eigenvalue weighted by Crippen LogP contribution is -2.41. The third kappa shape index (κ3) is 4.87. The molecule has 1 aliphatic rings. The van der Waals surface area contributed by atoms with Gasteiger partial charge in [0.25, 0.3) is 0 Å². The number of nitrogens with one attached hydrogen (secondary N) is 1. The van der Waals surface area contributed by atoms with Crippen LogP contribution in [0.5, 0.6) is 0 Å². The van der Waals surface area contributed by atoms with Gasteiger partial charge in [-0.2, -0.15) is 0 Å². The van der Waals surface area contributed by atoms with Gasteiger partial charge >= 0.3 is 0 Å². The number of rotatable bonds is 4. The third-order valence-electron chi connectivity index (χ3n) is 4.06. The summed E-state index contributed by atoms with van der Waals surface area (Å²) in [7, 11) is 0. The van der Waals surface area contributed by atoms with Gasteiger partial charge in [0.1, 0.15) is 0 Å². The molecule has 0 spiro atoms. The van der Waals surface area contributed by atoms with Crippen molar-refractivity contribution in [3.63, 3.8) is 0 Å². The molecule has 1 fully saturated rings. The highest BCUT2D eigenvalue weighted by Crippen LogP contribution is 2.25. The molecule has 3 nitrogen and oxygen atoms in total. The first-order valence-corrected chi connectivity index (χ1v) is 8.18. The Hall–Kier alpha value is -0.770. The smallest absolute Gasteiger partial charge is 0.234 e. The molecule has 5 heteroatoms. The van der Waals surface area contributed by atoms with Gasteiger partial charge in [-0.3, -0.25) is 9.69 Å². The van der Waals surface area contributed by atoms with Crippen LogP contribution in [0.3, 0.4) is 0 Å². The second-order valence-corrected chi connectivity index (χ2v) is 6.74. The summed E-state index contributed by atoms with van der Waals surface area (Å²) in [5.41, 5.74) is 0.963. The number of likely N-dealkylation sites (tertiary alicyclic amines) is 1. The van der Waals surface area contributed by atoms with Crippen LogP contribution in [0.1, 0.15) is 38.3 Å². The monoisotopic (exact) mass is 328 g/mol. The number of hydrogen-bond acceptors (Lipinski definition) is 2. The molecule has 21 heavy (non-hydrogen) atoms. The Bertz CT molecular complexity index is 499. The topological polar surface area (TPSA) is 32.3 Å². The maximum Gasteiger partial charge on any atom is 0.234 e. The quantitative estimate of drug-likeness (QED) is 0.908. The number of piperidine rings is 1.